The van der Waals surface area contributed by atoms with Crippen molar-refractivity contribution >= 4 is 22.6 Å². The topological polar surface area (TPSA) is 80.2 Å². The number of pyridine rings is 3. The van der Waals surface area contributed by atoms with Crippen LogP contribution in [0.5, 0.6) is 0 Å². The summed E-state index contributed by atoms with van der Waals surface area (Å²) < 4.78 is 5.66. The number of rotatable bonds is 5. The van der Waals surface area contributed by atoms with E-state index in [0.29, 0.717) is 18.7 Å². The molecule has 0 spiro atoms. The maximum Gasteiger partial charge on any atom is 0.251 e. The highest BCUT2D eigenvalue weighted by Crippen LogP contribution is 2.23. The lowest BCUT2D eigenvalue weighted by Crippen LogP contribution is -2.41. The number of benzene rings is 1. The van der Waals surface area contributed by atoms with E-state index in [4.69, 9.17) is 14.7 Å². The van der Waals surface area contributed by atoms with Crippen LogP contribution >= 0.6 is 0 Å². The van der Waals surface area contributed by atoms with E-state index >= 15 is 0 Å². The van der Waals surface area contributed by atoms with Crippen molar-refractivity contribution in [1.82, 2.24) is 20.3 Å². The van der Waals surface area contributed by atoms with Crippen LogP contribution in [0.25, 0.3) is 22.3 Å². The van der Waals surface area contributed by atoms with Crippen molar-refractivity contribution in [3.8, 4) is 11.4 Å². The Bertz CT molecular complexity index is 1390. The molecule has 1 saturated heterocycles. The van der Waals surface area contributed by atoms with Crippen molar-refractivity contribution in [3.63, 3.8) is 0 Å². The summed E-state index contributed by atoms with van der Waals surface area (Å²) in [4.78, 5) is 29.1. The number of amides is 1. The zero-order chi connectivity index (χ0) is 24.4. The van der Waals surface area contributed by atoms with Gasteiger partial charge < -0.3 is 15.0 Å². The molecular formula is C28H29N5O2. The van der Waals surface area contributed by atoms with E-state index in [9.17, 15) is 4.79 Å². The fraction of sp³-hybridized carbons (Fsp3) is 0.286. The lowest BCUT2D eigenvalue weighted by molar-refractivity contribution is 0.0529. The number of morpholine rings is 1. The first-order valence-electron chi connectivity index (χ1n) is 11.9. The Labute approximate surface area is 205 Å². The minimum absolute atomic E-state index is 0.116. The minimum Gasteiger partial charge on any atom is -0.375 e. The van der Waals surface area contributed by atoms with E-state index in [0.717, 1.165) is 52.5 Å². The molecule has 0 saturated carbocycles. The van der Waals surface area contributed by atoms with Gasteiger partial charge in [-0.1, -0.05) is 12.1 Å². The molecule has 7 nitrogen and oxygen atoms in total. The minimum atomic E-state index is -0.116. The van der Waals surface area contributed by atoms with Crippen LogP contribution in [0.3, 0.4) is 0 Å². The van der Waals surface area contributed by atoms with Crippen LogP contribution in [-0.4, -0.2) is 46.7 Å². The van der Waals surface area contributed by atoms with Crippen molar-refractivity contribution < 1.29 is 9.53 Å². The largest absolute Gasteiger partial charge is 0.375 e. The number of ether oxygens (including phenoxy) is 1. The Morgan fingerprint density at radius 1 is 1.06 bits per heavy atom. The van der Waals surface area contributed by atoms with E-state index in [2.05, 4.69) is 22.1 Å². The Morgan fingerprint density at radius 2 is 1.91 bits per heavy atom. The summed E-state index contributed by atoms with van der Waals surface area (Å²) >= 11 is 0. The first-order chi connectivity index (χ1) is 17.0. The second kappa shape index (κ2) is 9.80. The molecule has 1 aliphatic rings. The number of hydrogen-bond acceptors (Lipinski definition) is 6. The SMILES string of the molecule is Cc1ccc(C(=O)NCc2cc3nc(-c4cccc(N5CCOC(C)C5)n4)ccc3cn2)cc1C. The maximum atomic E-state index is 12.6. The van der Waals surface area contributed by atoms with E-state index in [1.165, 1.54) is 5.56 Å². The van der Waals surface area contributed by atoms with E-state index in [-0.39, 0.29) is 12.0 Å². The Balaban J connectivity index is 1.34. The molecule has 0 bridgehead atoms. The van der Waals surface area contributed by atoms with Gasteiger partial charge in [0.25, 0.3) is 5.91 Å². The van der Waals surface area contributed by atoms with Crippen LogP contribution in [0.4, 0.5) is 5.82 Å². The van der Waals surface area contributed by atoms with Gasteiger partial charge in [0, 0.05) is 30.2 Å². The highest BCUT2D eigenvalue weighted by Gasteiger charge is 2.18. The lowest BCUT2D eigenvalue weighted by Gasteiger charge is -2.32. The molecule has 1 atom stereocenters. The van der Waals surface area contributed by atoms with Gasteiger partial charge in [-0.3, -0.25) is 9.78 Å². The number of nitrogens with one attached hydrogen (secondary N) is 1. The molecule has 1 fully saturated rings. The molecule has 1 amide bonds. The molecule has 3 aromatic heterocycles. The van der Waals surface area contributed by atoms with Gasteiger partial charge in [0.2, 0.25) is 0 Å². The van der Waals surface area contributed by atoms with Crippen LogP contribution in [0.2, 0.25) is 0 Å². The predicted molar refractivity (Wildman–Crippen MR) is 137 cm³/mol. The van der Waals surface area contributed by atoms with Gasteiger partial charge in [-0.15, -0.1) is 0 Å². The average molecular weight is 468 g/mol. The summed E-state index contributed by atoms with van der Waals surface area (Å²) in [6.45, 7) is 8.81. The third-order valence-electron chi connectivity index (χ3n) is 6.39. The zero-order valence-electron chi connectivity index (χ0n) is 20.3. The van der Waals surface area contributed by atoms with Crippen molar-refractivity contribution in [2.45, 2.75) is 33.4 Å². The van der Waals surface area contributed by atoms with Gasteiger partial charge in [0.15, 0.2) is 0 Å². The van der Waals surface area contributed by atoms with Crippen molar-refractivity contribution in [2.24, 2.45) is 0 Å². The first-order valence-corrected chi connectivity index (χ1v) is 11.9. The lowest BCUT2D eigenvalue weighted by atomic mass is 10.1. The third kappa shape index (κ3) is 5.15. The number of hydrogen-bond donors (Lipinski definition) is 1. The molecule has 1 unspecified atom stereocenters. The Morgan fingerprint density at radius 3 is 2.74 bits per heavy atom. The molecule has 5 rings (SSSR count). The monoisotopic (exact) mass is 467 g/mol. The fourth-order valence-electron chi connectivity index (χ4n) is 4.22. The van der Waals surface area contributed by atoms with E-state index in [1.807, 2.05) is 68.4 Å². The number of anilines is 1. The van der Waals surface area contributed by atoms with Crippen LogP contribution in [0.1, 0.15) is 34.1 Å². The molecule has 4 heterocycles. The Hall–Kier alpha value is -3.84. The van der Waals surface area contributed by atoms with Crippen LogP contribution in [0.15, 0.2) is 60.8 Å². The number of carbonyl (C=O) groups excluding carboxylic acids is 1. The molecular weight excluding hydrogens is 438 g/mol. The van der Waals surface area contributed by atoms with Gasteiger partial charge in [-0.2, -0.15) is 0 Å². The molecule has 1 aromatic carbocycles. The number of fused-ring (bicyclic) bond motifs is 1. The van der Waals surface area contributed by atoms with Crippen LogP contribution in [-0.2, 0) is 11.3 Å². The summed E-state index contributed by atoms with van der Waals surface area (Å²) in [6, 6.07) is 17.6. The second-order valence-electron chi connectivity index (χ2n) is 9.05. The predicted octanol–water partition coefficient (Wildman–Crippen LogP) is 4.46. The number of aromatic nitrogens is 3. The maximum absolute atomic E-state index is 12.6. The van der Waals surface area contributed by atoms with Crippen molar-refractivity contribution in [3.05, 3.63) is 83.2 Å². The second-order valence-corrected chi connectivity index (χ2v) is 9.05. The Kier molecular flexibility index (Phi) is 6.42. The normalized spacial score (nSPS) is 15.9. The fourth-order valence-corrected chi connectivity index (χ4v) is 4.22. The number of nitrogens with zero attached hydrogens (tertiary/aromatic N) is 4. The first kappa shape index (κ1) is 22.9. The highest BCUT2D eigenvalue weighted by molar-refractivity contribution is 5.94. The average Bonchev–Trinajstić information content (AvgIpc) is 2.88. The van der Waals surface area contributed by atoms with Gasteiger partial charge in [-0.25, -0.2) is 9.97 Å². The van der Waals surface area contributed by atoms with Crippen molar-refractivity contribution in [1.29, 1.82) is 0 Å². The molecule has 178 valence electrons. The summed E-state index contributed by atoms with van der Waals surface area (Å²) in [5.74, 6) is 0.819. The zero-order valence-corrected chi connectivity index (χ0v) is 20.3. The van der Waals surface area contributed by atoms with Crippen LogP contribution in [0, 0.1) is 13.8 Å². The van der Waals surface area contributed by atoms with Gasteiger partial charge in [0.05, 0.1) is 41.9 Å². The summed E-state index contributed by atoms with van der Waals surface area (Å²) in [5, 5.41) is 3.90. The van der Waals surface area contributed by atoms with Gasteiger partial charge in [0.1, 0.15) is 5.82 Å². The summed E-state index contributed by atoms with van der Waals surface area (Å²) in [6.07, 6.45) is 1.98. The van der Waals surface area contributed by atoms with Crippen molar-refractivity contribution in [2.75, 3.05) is 24.6 Å². The third-order valence-corrected chi connectivity index (χ3v) is 6.39. The van der Waals surface area contributed by atoms with Crippen LogP contribution < -0.4 is 10.2 Å². The standard InChI is InChI=1S/C28H29N5O2/c1-18-7-8-21(13-19(18)2)28(34)30-16-23-14-26-22(15-29-23)9-10-25(31-26)24-5-4-6-27(32-24)33-11-12-35-20(3)17-33/h4-10,13-15,20H,11-12,16-17H2,1-3H3,(H,30,34). The highest BCUT2D eigenvalue weighted by atomic mass is 16.5. The molecule has 0 aliphatic carbocycles. The number of aryl methyl sites for hydroxylation is 2. The van der Waals surface area contributed by atoms with Gasteiger partial charge >= 0.3 is 0 Å². The van der Waals surface area contributed by atoms with E-state index in [1.54, 1.807) is 6.20 Å². The molecule has 4 aromatic rings. The summed E-state index contributed by atoms with van der Waals surface area (Å²) in [7, 11) is 0. The quantitative estimate of drug-likeness (QED) is 0.467. The van der Waals surface area contributed by atoms with Gasteiger partial charge in [-0.05, 0) is 74.4 Å². The molecule has 0 radical (unpaired) electrons. The molecule has 1 N–H and O–H groups in total. The smallest absolute Gasteiger partial charge is 0.251 e. The summed E-state index contributed by atoms with van der Waals surface area (Å²) in [5.41, 5.74) is 6.11. The number of carbonyl (C=O) groups is 1. The molecule has 1 aliphatic heterocycles. The molecule has 7 heteroatoms. The van der Waals surface area contributed by atoms with E-state index < -0.39 is 0 Å². The molecule has 35 heavy (non-hydrogen) atoms.